The summed E-state index contributed by atoms with van der Waals surface area (Å²) in [6, 6.07) is 0. The van der Waals surface area contributed by atoms with Crippen LogP contribution in [0, 0.1) is 0 Å². The van der Waals surface area contributed by atoms with Crippen LogP contribution in [0.5, 0.6) is 0 Å². The molecule has 0 aromatic carbocycles. The number of carbonyl (C=O) groups is 1. The molecule has 0 aromatic rings. The second-order valence-corrected chi connectivity index (χ2v) is 3.68. The molecule has 0 spiro atoms. The first kappa shape index (κ1) is 23.1. The van der Waals surface area contributed by atoms with Crippen LogP contribution in [0.15, 0.2) is 5.16 Å². The van der Waals surface area contributed by atoms with Crippen molar-refractivity contribution in [1.29, 1.82) is 0 Å². The van der Waals surface area contributed by atoms with E-state index in [9.17, 15) is 4.79 Å². The molecule has 0 saturated carbocycles. The SMILES string of the molecule is CC.CC.CCCCCNC(=O)CCON=C(C)C. The lowest BCUT2D eigenvalue weighted by Crippen LogP contribution is -2.25. The molecule has 0 fully saturated rings. The van der Waals surface area contributed by atoms with E-state index < -0.39 is 0 Å². The van der Waals surface area contributed by atoms with E-state index in [1.54, 1.807) is 0 Å². The fourth-order valence-corrected chi connectivity index (χ4v) is 1.00. The number of rotatable bonds is 8. The van der Waals surface area contributed by atoms with Gasteiger partial charge >= 0.3 is 0 Å². The summed E-state index contributed by atoms with van der Waals surface area (Å²) in [6.07, 6.45) is 3.76. The highest BCUT2D eigenvalue weighted by Crippen LogP contribution is 1.92. The zero-order chi connectivity index (χ0) is 15.5. The maximum absolute atomic E-state index is 11.2. The van der Waals surface area contributed by atoms with Crippen LogP contribution in [0.25, 0.3) is 0 Å². The van der Waals surface area contributed by atoms with Crippen molar-refractivity contribution in [3.05, 3.63) is 0 Å². The van der Waals surface area contributed by atoms with Crippen molar-refractivity contribution in [3.63, 3.8) is 0 Å². The summed E-state index contributed by atoms with van der Waals surface area (Å²) in [5.41, 5.74) is 0.860. The molecule has 4 nitrogen and oxygen atoms in total. The predicted molar refractivity (Wildman–Crippen MR) is 84.6 cm³/mol. The fourth-order valence-electron chi connectivity index (χ4n) is 1.00. The van der Waals surface area contributed by atoms with Crippen LogP contribution in [-0.2, 0) is 9.63 Å². The first-order valence-corrected chi connectivity index (χ1v) is 7.56. The van der Waals surface area contributed by atoms with E-state index in [0.717, 1.165) is 25.1 Å². The Hall–Kier alpha value is -1.06. The summed E-state index contributed by atoms with van der Waals surface area (Å²) in [5, 5.41) is 6.58. The lowest BCUT2D eigenvalue weighted by Gasteiger charge is -2.03. The monoisotopic (exact) mass is 274 g/mol. The summed E-state index contributed by atoms with van der Waals surface area (Å²) in [6.45, 7) is 15.0. The van der Waals surface area contributed by atoms with Crippen molar-refractivity contribution in [1.82, 2.24) is 5.32 Å². The van der Waals surface area contributed by atoms with Crippen LogP contribution >= 0.6 is 0 Å². The molecule has 0 rings (SSSR count). The summed E-state index contributed by atoms with van der Waals surface area (Å²) < 4.78 is 0. The predicted octanol–water partition coefficient (Wildman–Crippen LogP) is 4.15. The second-order valence-electron chi connectivity index (χ2n) is 3.68. The molecule has 0 radical (unpaired) electrons. The van der Waals surface area contributed by atoms with Crippen LogP contribution in [0.2, 0.25) is 0 Å². The molecule has 0 aliphatic rings. The van der Waals surface area contributed by atoms with Crippen LogP contribution in [0.3, 0.4) is 0 Å². The van der Waals surface area contributed by atoms with Crippen molar-refractivity contribution in [2.24, 2.45) is 5.16 Å². The second kappa shape index (κ2) is 22.1. The highest BCUT2D eigenvalue weighted by Gasteiger charge is 1.99. The Morgan fingerprint density at radius 2 is 1.68 bits per heavy atom. The van der Waals surface area contributed by atoms with Gasteiger partial charge in [0.05, 0.1) is 12.1 Å². The van der Waals surface area contributed by atoms with E-state index >= 15 is 0 Å². The zero-order valence-electron chi connectivity index (χ0n) is 14.0. The number of unbranched alkanes of at least 4 members (excludes halogenated alkanes) is 2. The summed E-state index contributed by atoms with van der Waals surface area (Å²) in [4.78, 5) is 16.1. The molecular weight excluding hydrogens is 240 g/mol. The van der Waals surface area contributed by atoms with E-state index in [1.165, 1.54) is 6.42 Å². The molecule has 0 unspecified atom stereocenters. The smallest absolute Gasteiger partial charge is 0.223 e. The van der Waals surface area contributed by atoms with Gasteiger partial charge in [-0.25, -0.2) is 0 Å². The molecule has 0 heterocycles. The Kier molecular flexibility index (Phi) is 26.9. The van der Waals surface area contributed by atoms with Crippen molar-refractivity contribution >= 4 is 11.6 Å². The Bertz CT molecular complexity index is 200. The Balaban J connectivity index is -0.000000579. The number of oxime groups is 1. The number of nitrogens with one attached hydrogen (secondary N) is 1. The molecule has 116 valence electrons. The van der Waals surface area contributed by atoms with Gasteiger partial charge in [-0.15, -0.1) is 0 Å². The Labute approximate surface area is 120 Å². The third kappa shape index (κ3) is 26.5. The van der Waals surface area contributed by atoms with Crippen LogP contribution < -0.4 is 5.32 Å². The minimum Gasteiger partial charge on any atom is -0.395 e. The maximum atomic E-state index is 11.2. The van der Waals surface area contributed by atoms with Crippen molar-refractivity contribution in [3.8, 4) is 0 Å². The number of hydrogen-bond acceptors (Lipinski definition) is 3. The lowest BCUT2D eigenvalue weighted by molar-refractivity contribution is -0.122. The summed E-state index contributed by atoms with van der Waals surface area (Å²) >= 11 is 0. The number of carbonyl (C=O) groups excluding carboxylic acids is 1. The minimum atomic E-state index is 0.0371. The third-order valence-corrected chi connectivity index (χ3v) is 1.77. The first-order chi connectivity index (χ1) is 9.16. The summed E-state index contributed by atoms with van der Waals surface area (Å²) in [7, 11) is 0. The molecule has 0 atom stereocenters. The maximum Gasteiger partial charge on any atom is 0.223 e. The number of amides is 1. The average molecular weight is 274 g/mol. The molecule has 19 heavy (non-hydrogen) atoms. The normalized spacial score (nSPS) is 8.16. The number of nitrogens with zero attached hydrogens (tertiary/aromatic N) is 1. The van der Waals surface area contributed by atoms with Crippen LogP contribution in [-0.4, -0.2) is 24.8 Å². The van der Waals surface area contributed by atoms with E-state index in [4.69, 9.17) is 4.84 Å². The van der Waals surface area contributed by atoms with Crippen molar-refractivity contribution in [2.75, 3.05) is 13.2 Å². The number of hydrogen-bond donors (Lipinski definition) is 1. The highest BCUT2D eigenvalue weighted by atomic mass is 16.6. The largest absolute Gasteiger partial charge is 0.395 e. The molecule has 4 heteroatoms. The van der Waals surface area contributed by atoms with Crippen molar-refractivity contribution < 1.29 is 9.63 Å². The topological polar surface area (TPSA) is 50.7 Å². The molecule has 0 saturated heterocycles. The molecule has 1 amide bonds. The van der Waals surface area contributed by atoms with Gasteiger partial charge in [-0.1, -0.05) is 52.6 Å². The van der Waals surface area contributed by atoms with Gasteiger partial charge in [0.25, 0.3) is 0 Å². The zero-order valence-corrected chi connectivity index (χ0v) is 14.0. The van der Waals surface area contributed by atoms with Gasteiger partial charge in [-0.3, -0.25) is 4.79 Å². The van der Waals surface area contributed by atoms with Gasteiger partial charge in [0.1, 0.15) is 6.61 Å². The fraction of sp³-hybridized carbons (Fsp3) is 0.867. The minimum absolute atomic E-state index is 0.0371. The van der Waals surface area contributed by atoms with Gasteiger partial charge in [-0.05, 0) is 20.3 Å². The standard InChI is InChI=1S/C11H22N2O2.2C2H6/c1-4-5-6-8-12-11(14)7-9-15-13-10(2)3;2*1-2/h4-9H2,1-3H3,(H,12,14);2*1-2H3. The van der Waals surface area contributed by atoms with E-state index in [-0.39, 0.29) is 5.91 Å². The van der Waals surface area contributed by atoms with Gasteiger partial charge in [0.2, 0.25) is 5.91 Å². The lowest BCUT2D eigenvalue weighted by atomic mass is 10.2. The van der Waals surface area contributed by atoms with E-state index in [1.807, 2.05) is 41.5 Å². The molecule has 0 aromatic heterocycles. The van der Waals surface area contributed by atoms with Gasteiger partial charge in [0, 0.05) is 6.54 Å². The highest BCUT2D eigenvalue weighted by molar-refractivity contribution is 5.78. The molecule has 0 aliphatic carbocycles. The Morgan fingerprint density at radius 1 is 1.11 bits per heavy atom. The molecule has 0 bridgehead atoms. The summed E-state index contributed by atoms with van der Waals surface area (Å²) in [5.74, 6) is 0.0371. The van der Waals surface area contributed by atoms with Gasteiger partial charge in [-0.2, -0.15) is 0 Å². The third-order valence-electron chi connectivity index (χ3n) is 1.77. The van der Waals surface area contributed by atoms with Crippen LogP contribution in [0.4, 0.5) is 0 Å². The van der Waals surface area contributed by atoms with Gasteiger partial charge < -0.3 is 10.2 Å². The first-order valence-electron chi connectivity index (χ1n) is 7.56. The molecule has 0 aliphatic heterocycles. The molecule has 1 N–H and O–H groups in total. The average Bonchev–Trinajstić information content (AvgIpc) is 2.44. The van der Waals surface area contributed by atoms with Crippen LogP contribution in [0.1, 0.15) is 74.1 Å². The van der Waals surface area contributed by atoms with E-state index in [0.29, 0.717) is 13.0 Å². The van der Waals surface area contributed by atoms with Crippen molar-refractivity contribution in [2.45, 2.75) is 74.1 Å². The van der Waals surface area contributed by atoms with Gasteiger partial charge in [0.15, 0.2) is 0 Å². The quantitative estimate of drug-likeness (QED) is 0.411. The Morgan fingerprint density at radius 3 is 2.16 bits per heavy atom. The van der Waals surface area contributed by atoms with E-state index in [2.05, 4.69) is 17.4 Å². The molecular formula is C15H34N2O2.